The van der Waals surface area contributed by atoms with Crippen LogP contribution in [0.25, 0.3) is 0 Å². The number of hydrogen-bond acceptors (Lipinski definition) is 3. The molecule has 1 heterocycles. The fraction of sp³-hybridized carbons (Fsp3) is 0.500. The molecule has 1 fully saturated rings. The zero-order chi connectivity index (χ0) is 14.7. The maximum atomic E-state index is 12.6. The molecule has 1 aromatic rings. The highest BCUT2D eigenvalue weighted by Crippen LogP contribution is 2.21. The van der Waals surface area contributed by atoms with Crippen LogP contribution in [-0.2, 0) is 9.53 Å². The molecule has 1 amide bonds. The molecule has 1 atom stereocenters. The summed E-state index contributed by atoms with van der Waals surface area (Å²) in [6.07, 6.45) is 1.64. The van der Waals surface area contributed by atoms with Gasteiger partial charge >= 0.3 is 5.97 Å². The van der Waals surface area contributed by atoms with Gasteiger partial charge in [-0.15, -0.1) is 0 Å². The molecule has 1 unspecified atom stereocenters. The summed E-state index contributed by atoms with van der Waals surface area (Å²) in [5, 5.41) is 0. The molecule has 1 aliphatic heterocycles. The van der Waals surface area contributed by atoms with E-state index in [0.29, 0.717) is 13.1 Å². The summed E-state index contributed by atoms with van der Waals surface area (Å²) in [4.78, 5) is 26.0. The van der Waals surface area contributed by atoms with Gasteiger partial charge in [-0.2, -0.15) is 0 Å². The van der Waals surface area contributed by atoms with Crippen LogP contribution >= 0.6 is 0 Å². The fourth-order valence-electron chi connectivity index (χ4n) is 2.66. The number of ether oxygens (including phenoxy) is 1. The second-order valence-corrected chi connectivity index (χ2v) is 5.43. The molecule has 0 N–H and O–H groups in total. The van der Waals surface area contributed by atoms with Crippen LogP contribution in [0.5, 0.6) is 0 Å². The quantitative estimate of drug-likeness (QED) is 0.778. The summed E-state index contributed by atoms with van der Waals surface area (Å²) in [6.45, 7) is 5.08. The maximum Gasteiger partial charge on any atom is 0.310 e. The van der Waals surface area contributed by atoms with Crippen LogP contribution in [0.3, 0.4) is 0 Å². The summed E-state index contributed by atoms with van der Waals surface area (Å²) in [5.74, 6) is -0.397. The van der Waals surface area contributed by atoms with E-state index in [9.17, 15) is 9.59 Å². The summed E-state index contributed by atoms with van der Waals surface area (Å²) < 4.78 is 4.79. The Morgan fingerprint density at radius 1 is 1.30 bits per heavy atom. The van der Waals surface area contributed by atoms with E-state index in [1.54, 1.807) is 4.90 Å². The Morgan fingerprint density at radius 2 is 2.05 bits per heavy atom. The summed E-state index contributed by atoms with van der Waals surface area (Å²) in [6, 6.07) is 5.88. The van der Waals surface area contributed by atoms with E-state index < -0.39 is 0 Å². The van der Waals surface area contributed by atoms with Crippen molar-refractivity contribution in [1.29, 1.82) is 0 Å². The van der Waals surface area contributed by atoms with Crippen LogP contribution in [0.4, 0.5) is 0 Å². The lowest BCUT2D eigenvalue weighted by molar-refractivity contribution is -0.146. The van der Waals surface area contributed by atoms with E-state index in [1.807, 2.05) is 32.0 Å². The highest BCUT2D eigenvalue weighted by molar-refractivity contribution is 5.96. The Labute approximate surface area is 119 Å². The van der Waals surface area contributed by atoms with Gasteiger partial charge in [0.05, 0.1) is 13.0 Å². The number of hydrogen-bond donors (Lipinski definition) is 0. The Morgan fingerprint density at radius 3 is 2.75 bits per heavy atom. The Hall–Kier alpha value is -1.84. The summed E-state index contributed by atoms with van der Waals surface area (Å²) in [7, 11) is 1.40. The number of esters is 1. The van der Waals surface area contributed by atoms with Crippen LogP contribution in [0, 0.1) is 19.8 Å². The lowest BCUT2D eigenvalue weighted by Gasteiger charge is -2.31. The second-order valence-electron chi connectivity index (χ2n) is 5.43. The third-order valence-corrected chi connectivity index (χ3v) is 3.87. The third-order valence-electron chi connectivity index (χ3n) is 3.87. The van der Waals surface area contributed by atoms with Crippen LogP contribution < -0.4 is 0 Å². The van der Waals surface area contributed by atoms with E-state index in [1.165, 1.54) is 7.11 Å². The lowest BCUT2D eigenvalue weighted by Crippen LogP contribution is -2.42. The number of carbonyl (C=O) groups excluding carboxylic acids is 2. The van der Waals surface area contributed by atoms with Crippen molar-refractivity contribution in [1.82, 2.24) is 4.90 Å². The predicted octanol–water partition coefficient (Wildman–Crippen LogP) is 2.33. The van der Waals surface area contributed by atoms with Gasteiger partial charge in [0.15, 0.2) is 0 Å². The maximum absolute atomic E-state index is 12.6. The number of aryl methyl sites for hydroxylation is 2. The number of rotatable bonds is 2. The number of piperidine rings is 1. The SMILES string of the molecule is COC(=O)C1CCCN(C(=O)c2cc(C)ccc2C)C1. The minimum absolute atomic E-state index is 0.0137. The number of methoxy groups -OCH3 is 1. The molecule has 108 valence electrons. The van der Waals surface area contributed by atoms with Crippen molar-refractivity contribution in [2.24, 2.45) is 5.92 Å². The molecule has 0 aromatic heterocycles. The first kappa shape index (κ1) is 14.6. The predicted molar refractivity (Wildman–Crippen MR) is 76.6 cm³/mol. The molecule has 1 aromatic carbocycles. The second kappa shape index (κ2) is 6.07. The molecular formula is C16H21NO3. The van der Waals surface area contributed by atoms with Gasteiger partial charge < -0.3 is 9.64 Å². The van der Waals surface area contributed by atoms with Gasteiger partial charge in [-0.25, -0.2) is 0 Å². The van der Waals surface area contributed by atoms with Gasteiger partial charge in [0.25, 0.3) is 5.91 Å². The number of likely N-dealkylation sites (tertiary alicyclic amines) is 1. The minimum atomic E-state index is -0.219. The van der Waals surface area contributed by atoms with E-state index in [0.717, 1.165) is 29.5 Å². The van der Waals surface area contributed by atoms with Gasteiger partial charge in [0.1, 0.15) is 0 Å². The Balaban J connectivity index is 2.16. The van der Waals surface area contributed by atoms with Crippen molar-refractivity contribution in [2.75, 3.05) is 20.2 Å². The van der Waals surface area contributed by atoms with Gasteiger partial charge in [-0.3, -0.25) is 9.59 Å². The van der Waals surface area contributed by atoms with Gasteiger partial charge in [-0.1, -0.05) is 17.7 Å². The monoisotopic (exact) mass is 275 g/mol. The van der Waals surface area contributed by atoms with Crippen molar-refractivity contribution in [3.05, 3.63) is 34.9 Å². The standard InChI is InChI=1S/C16H21NO3/c1-11-6-7-12(2)14(9-11)15(18)17-8-4-5-13(10-17)16(19)20-3/h6-7,9,13H,4-5,8,10H2,1-3H3. The van der Waals surface area contributed by atoms with E-state index in [-0.39, 0.29) is 17.8 Å². The largest absolute Gasteiger partial charge is 0.469 e. The average molecular weight is 275 g/mol. The molecule has 0 bridgehead atoms. The smallest absolute Gasteiger partial charge is 0.310 e. The summed E-state index contributed by atoms with van der Waals surface area (Å²) >= 11 is 0. The number of carbonyl (C=O) groups is 2. The van der Waals surface area contributed by atoms with Gasteiger partial charge in [0, 0.05) is 18.7 Å². The third kappa shape index (κ3) is 3.00. The first-order valence-corrected chi connectivity index (χ1v) is 6.97. The topological polar surface area (TPSA) is 46.6 Å². The highest BCUT2D eigenvalue weighted by atomic mass is 16.5. The van der Waals surface area contributed by atoms with Gasteiger partial charge in [-0.05, 0) is 38.3 Å². The Kier molecular flexibility index (Phi) is 4.42. The molecular weight excluding hydrogens is 254 g/mol. The van der Waals surface area contributed by atoms with Crippen molar-refractivity contribution in [3.8, 4) is 0 Å². The normalized spacial score (nSPS) is 18.8. The lowest BCUT2D eigenvalue weighted by atomic mass is 9.96. The molecule has 0 aliphatic carbocycles. The fourth-order valence-corrected chi connectivity index (χ4v) is 2.66. The van der Waals surface area contributed by atoms with Crippen molar-refractivity contribution in [2.45, 2.75) is 26.7 Å². The van der Waals surface area contributed by atoms with Crippen LogP contribution in [0.1, 0.15) is 34.3 Å². The minimum Gasteiger partial charge on any atom is -0.469 e. The average Bonchev–Trinajstić information content (AvgIpc) is 2.48. The first-order valence-electron chi connectivity index (χ1n) is 6.97. The molecule has 0 saturated carbocycles. The molecule has 20 heavy (non-hydrogen) atoms. The van der Waals surface area contributed by atoms with E-state index in [4.69, 9.17) is 4.74 Å². The molecule has 1 aliphatic rings. The van der Waals surface area contributed by atoms with Gasteiger partial charge in [0.2, 0.25) is 0 Å². The molecule has 0 spiro atoms. The molecule has 4 heteroatoms. The molecule has 0 radical (unpaired) electrons. The van der Waals surface area contributed by atoms with Crippen LogP contribution in [0.15, 0.2) is 18.2 Å². The first-order chi connectivity index (χ1) is 9.52. The number of benzene rings is 1. The van der Waals surface area contributed by atoms with Crippen molar-refractivity contribution < 1.29 is 14.3 Å². The van der Waals surface area contributed by atoms with E-state index in [2.05, 4.69) is 0 Å². The Bertz CT molecular complexity index is 524. The molecule has 1 saturated heterocycles. The molecule has 2 rings (SSSR count). The highest BCUT2D eigenvalue weighted by Gasteiger charge is 2.29. The zero-order valence-corrected chi connectivity index (χ0v) is 12.3. The molecule has 4 nitrogen and oxygen atoms in total. The van der Waals surface area contributed by atoms with Crippen molar-refractivity contribution in [3.63, 3.8) is 0 Å². The van der Waals surface area contributed by atoms with Crippen LogP contribution in [-0.4, -0.2) is 37.0 Å². The number of nitrogens with zero attached hydrogens (tertiary/aromatic N) is 1. The van der Waals surface area contributed by atoms with Crippen molar-refractivity contribution >= 4 is 11.9 Å². The summed E-state index contributed by atoms with van der Waals surface area (Å²) in [5.41, 5.74) is 2.77. The van der Waals surface area contributed by atoms with E-state index >= 15 is 0 Å². The number of amides is 1. The zero-order valence-electron chi connectivity index (χ0n) is 12.3. The van der Waals surface area contributed by atoms with Crippen LogP contribution in [0.2, 0.25) is 0 Å².